The van der Waals surface area contributed by atoms with Gasteiger partial charge in [-0.25, -0.2) is 0 Å². The van der Waals surface area contributed by atoms with Crippen LogP contribution in [0.15, 0.2) is 22.7 Å². The average Bonchev–Trinajstić information content (AvgIpc) is 2.66. The van der Waals surface area contributed by atoms with Gasteiger partial charge >= 0.3 is 0 Å². The summed E-state index contributed by atoms with van der Waals surface area (Å²) in [6, 6.07) is 8.78. The first kappa shape index (κ1) is 13.6. The lowest BCUT2D eigenvalue weighted by molar-refractivity contribution is 0.589. The molecule has 0 N–H and O–H groups in total. The Morgan fingerprint density at radius 3 is 2.56 bits per heavy atom. The lowest BCUT2D eigenvalue weighted by atomic mass is 9.90. The molecule has 96 valence electrons. The highest BCUT2D eigenvalue weighted by molar-refractivity contribution is 9.10. The Labute approximate surface area is 118 Å². The Bertz CT molecular complexity index is 425. The molecule has 0 bridgehead atoms. The molecule has 1 aromatic rings. The monoisotopic (exact) mass is 305 g/mol. The largest absolute Gasteiger partial charge is 0.198 e. The van der Waals surface area contributed by atoms with Crippen molar-refractivity contribution in [2.24, 2.45) is 0 Å². The van der Waals surface area contributed by atoms with E-state index in [0.29, 0.717) is 12.3 Å². The number of hydrogen-bond donors (Lipinski definition) is 0. The van der Waals surface area contributed by atoms with Crippen LogP contribution in [0.3, 0.4) is 0 Å². The minimum atomic E-state index is 0.604. The zero-order valence-electron chi connectivity index (χ0n) is 10.8. The van der Waals surface area contributed by atoms with E-state index < -0.39 is 0 Å². The SMILES string of the molecule is N#CCCc1cccc(C2CCCCCC2)c1Br. The molecule has 2 heteroatoms. The van der Waals surface area contributed by atoms with E-state index in [1.54, 1.807) is 0 Å². The van der Waals surface area contributed by atoms with Gasteiger partial charge in [0.25, 0.3) is 0 Å². The topological polar surface area (TPSA) is 23.8 Å². The molecule has 1 aliphatic carbocycles. The molecule has 0 atom stereocenters. The van der Waals surface area contributed by atoms with Crippen LogP contribution in [-0.2, 0) is 6.42 Å². The first-order valence-corrected chi connectivity index (χ1v) is 7.76. The molecule has 0 radical (unpaired) electrons. The summed E-state index contributed by atoms with van der Waals surface area (Å²) in [5, 5.41) is 8.71. The van der Waals surface area contributed by atoms with Crippen LogP contribution in [0.2, 0.25) is 0 Å². The van der Waals surface area contributed by atoms with Crippen LogP contribution in [0.1, 0.15) is 62.0 Å². The summed E-state index contributed by atoms with van der Waals surface area (Å²) in [5.74, 6) is 0.712. The van der Waals surface area contributed by atoms with Crippen molar-refractivity contribution in [1.82, 2.24) is 0 Å². The molecular weight excluding hydrogens is 286 g/mol. The summed E-state index contributed by atoms with van der Waals surface area (Å²) < 4.78 is 1.26. The summed E-state index contributed by atoms with van der Waals surface area (Å²) in [4.78, 5) is 0. The van der Waals surface area contributed by atoms with Gasteiger partial charge in [0.1, 0.15) is 0 Å². The summed E-state index contributed by atoms with van der Waals surface area (Å²) >= 11 is 3.76. The van der Waals surface area contributed by atoms with Crippen LogP contribution < -0.4 is 0 Å². The van der Waals surface area contributed by atoms with E-state index >= 15 is 0 Å². The van der Waals surface area contributed by atoms with Gasteiger partial charge in [0.05, 0.1) is 6.07 Å². The Kier molecular flexibility index (Phi) is 5.26. The Hall–Kier alpha value is -0.810. The summed E-state index contributed by atoms with van der Waals surface area (Å²) in [6.07, 6.45) is 9.61. The number of halogens is 1. The van der Waals surface area contributed by atoms with Crippen LogP contribution in [0.25, 0.3) is 0 Å². The molecule has 0 amide bonds. The van der Waals surface area contributed by atoms with Gasteiger partial charge in [0.15, 0.2) is 0 Å². The van der Waals surface area contributed by atoms with Crippen LogP contribution >= 0.6 is 15.9 Å². The zero-order valence-corrected chi connectivity index (χ0v) is 12.4. The summed E-state index contributed by atoms with van der Waals surface area (Å²) in [6.45, 7) is 0. The number of benzene rings is 1. The maximum atomic E-state index is 8.71. The van der Waals surface area contributed by atoms with E-state index in [4.69, 9.17) is 5.26 Å². The second-order valence-electron chi connectivity index (χ2n) is 5.17. The molecule has 1 nitrogen and oxygen atoms in total. The molecule has 1 aromatic carbocycles. The van der Waals surface area contributed by atoms with Crippen LogP contribution in [0, 0.1) is 11.3 Å². The van der Waals surface area contributed by atoms with E-state index in [1.807, 2.05) is 0 Å². The molecule has 1 fully saturated rings. The van der Waals surface area contributed by atoms with Crippen LogP contribution in [-0.4, -0.2) is 0 Å². The second kappa shape index (κ2) is 6.95. The lowest BCUT2D eigenvalue weighted by Crippen LogP contribution is -2.00. The Morgan fingerprint density at radius 2 is 1.89 bits per heavy atom. The van der Waals surface area contributed by atoms with Crippen molar-refractivity contribution in [2.45, 2.75) is 57.3 Å². The second-order valence-corrected chi connectivity index (χ2v) is 5.96. The van der Waals surface area contributed by atoms with E-state index in [1.165, 1.54) is 54.1 Å². The van der Waals surface area contributed by atoms with E-state index in [-0.39, 0.29) is 0 Å². The summed E-state index contributed by atoms with van der Waals surface area (Å²) in [5.41, 5.74) is 2.76. The number of aryl methyl sites for hydroxylation is 1. The first-order chi connectivity index (χ1) is 8.83. The van der Waals surface area contributed by atoms with Crippen LogP contribution in [0.4, 0.5) is 0 Å². The van der Waals surface area contributed by atoms with Gasteiger partial charge in [0.2, 0.25) is 0 Å². The minimum absolute atomic E-state index is 0.604. The van der Waals surface area contributed by atoms with Gasteiger partial charge in [0, 0.05) is 10.9 Å². The molecule has 1 aliphatic rings. The smallest absolute Gasteiger partial charge is 0.0625 e. The number of nitriles is 1. The molecule has 0 heterocycles. The van der Waals surface area contributed by atoms with Crippen molar-refractivity contribution < 1.29 is 0 Å². The minimum Gasteiger partial charge on any atom is -0.198 e. The van der Waals surface area contributed by atoms with Gasteiger partial charge < -0.3 is 0 Å². The fourth-order valence-electron chi connectivity index (χ4n) is 2.89. The third-order valence-electron chi connectivity index (χ3n) is 3.91. The molecule has 0 aromatic heterocycles. The fraction of sp³-hybridized carbons (Fsp3) is 0.562. The van der Waals surface area contributed by atoms with Gasteiger partial charge in [-0.15, -0.1) is 0 Å². The predicted molar refractivity (Wildman–Crippen MR) is 78.5 cm³/mol. The van der Waals surface area contributed by atoms with Crippen molar-refractivity contribution >= 4 is 15.9 Å². The van der Waals surface area contributed by atoms with Crippen molar-refractivity contribution in [3.05, 3.63) is 33.8 Å². The fourth-order valence-corrected chi connectivity index (χ4v) is 3.68. The van der Waals surface area contributed by atoms with Crippen molar-refractivity contribution in [1.29, 1.82) is 5.26 Å². The van der Waals surface area contributed by atoms with Gasteiger partial charge in [-0.2, -0.15) is 5.26 Å². The first-order valence-electron chi connectivity index (χ1n) is 6.97. The van der Waals surface area contributed by atoms with Crippen molar-refractivity contribution in [2.75, 3.05) is 0 Å². The molecule has 1 saturated carbocycles. The molecule has 0 spiro atoms. The van der Waals surface area contributed by atoms with E-state index in [9.17, 15) is 0 Å². The molecule has 0 unspecified atom stereocenters. The number of nitrogens with zero attached hydrogens (tertiary/aromatic N) is 1. The standard InChI is InChI=1S/C16H20BrN/c17-16-14(10-6-12-18)9-5-11-15(16)13-7-3-1-2-4-8-13/h5,9,11,13H,1-4,6-8,10H2. The molecule has 0 aliphatic heterocycles. The summed E-state index contributed by atoms with van der Waals surface area (Å²) in [7, 11) is 0. The maximum absolute atomic E-state index is 8.71. The molecule has 2 rings (SSSR count). The van der Waals surface area contributed by atoms with Crippen LogP contribution in [0.5, 0.6) is 0 Å². The number of hydrogen-bond acceptors (Lipinski definition) is 1. The maximum Gasteiger partial charge on any atom is 0.0625 e. The van der Waals surface area contributed by atoms with Crippen molar-refractivity contribution in [3.8, 4) is 6.07 Å². The Morgan fingerprint density at radius 1 is 1.17 bits per heavy atom. The lowest BCUT2D eigenvalue weighted by Gasteiger charge is -2.18. The molecular formula is C16H20BrN. The third-order valence-corrected chi connectivity index (χ3v) is 4.88. The Balaban J connectivity index is 2.18. The van der Waals surface area contributed by atoms with Crippen molar-refractivity contribution in [3.63, 3.8) is 0 Å². The average molecular weight is 306 g/mol. The normalized spacial score (nSPS) is 17.1. The quantitative estimate of drug-likeness (QED) is 0.691. The zero-order chi connectivity index (χ0) is 12.8. The van der Waals surface area contributed by atoms with Gasteiger partial charge in [-0.3, -0.25) is 0 Å². The molecule has 18 heavy (non-hydrogen) atoms. The highest BCUT2D eigenvalue weighted by Crippen LogP contribution is 2.37. The predicted octanol–water partition coefficient (Wildman–Crippen LogP) is 5.34. The number of rotatable bonds is 3. The highest BCUT2D eigenvalue weighted by Gasteiger charge is 2.17. The van der Waals surface area contributed by atoms with Gasteiger partial charge in [-0.05, 0) is 36.3 Å². The van der Waals surface area contributed by atoms with E-state index in [0.717, 1.165) is 6.42 Å². The van der Waals surface area contributed by atoms with E-state index in [2.05, 4.69) is 40.2 Å². The molecule has 0 saturated heterocycles. The highest BCUT2D eigenvalue weighted by atomic mass is 79.9. The third kappa shape index (κ3) is 3.36. The van der Waals surface area contributed by atoms with Gasteiger partial charge in [-0.1, -0.05) is 59.8 Å².